The Labute approximate surface area is 173 Å². The maximum atomic E-state index is 12.3. The molecule has 0 saturated carbocycles. The Hall–Kier alpha value is -3.71. The van der Waals surface area contributed by atoms with Gasteiger partial charge in [-0.3, -0.25) is 14.5 Å². The van der Waals surface area contributed by atoms with Gasteiger partial charge in [-0.25, -0.2) is 13.2 Å². The van der Waals surface area contributed by atoms with Gasteiger partial charge in [-0.15, -0.1) is 0 Å². The summed E-state index contributed by atoms with van der Waals surface area (Å²) in [4.78, 5) is 36.6. The SMILES string of the molecule is N#Cc1ccc(CS(=O)(=O)CC(=O)Nc2cccc(CN3C(=O)CNC3=O)c2)cc1. The molecule has 2 aromatic carbocycles. The van der Waals surface area contributed by atoms with Gasteiger partial charge in [0.1, 0.15) is 5.75 Å². The highest BCUT2D eigenvalue weighted by Gasteiger charge is 2.28. The molecule has 0 spiro atoms. The zero-order valence-electron chi connectivity index (χ0n) is 15.8. The minimum Gasteiger partial charge on any atom is -0.329 e. The number of benzene rings is 2. The van der Waals surface area contributed by atoms with Crippen LogP contribution in [0.3, 0.4) is 0 Å². The second-order valence-corrected chi connectivity index (χ2v) is 8.79. The molecule has 0 atom stereocenters. The van der Waals surface area contributed by atoms with E-state index in [4.69, 9.17) is 5.26 Å². The fraction of sp³-hybridized carbons (Fsp3) is 0.200. The van der Waals surface area contributed by atoms with Crippen molar-refractivity contribution in [1.82, 2.24) is 10.2 Å². The highest BCUT2D eigenvalue weighted by atomic mass is 32.2. The third-order valence-corrected chi connectivity index (χ3v) is 5.78. The van der Waals surface area contributed by atoms with Crippen LogP contribution >= 0.6 is 0 Å². The molecule has 4 amide bonds. The lowest BCUT2D eigenvalue weighted by atomic mass is 10.2. The van der Waals surface area contributed by atoms with Crippen molar-refractivity contribution in [2.75, 3.05) is 17.6 Å². The van der Waals surface area contributed by atoms with Gasteiger partial charge in [-0.05, 0) is 35.4 Å². The highest BCUT2D eigenvalue weighted by Crippen LogP contribution is 2.15. The summed E-state index contributed by atoms with van der Waals surface area (Å²) < 4.78 is 24.6. The number of hydrogen-bond acceptors (Lipinski definition) is 6. The third-order valence-electron chi connectivity index (χ3n) is 4.31. The van der Waals surface area contributed by atoms with E-state index >= 15 is 0 Å². The zero-order valence-corrected chi connectivity index (χ0v) is 16.6. The van der Waals surface area contributed by atoms with Gasteiger partial charge in [-0.1, -0.05) is 24.3 Å². The predicted molar refractivity (Wildman–Crippen MR) is 108 cm³/mol. The van der Waals surface area contributed by atoms with Gasteiger partial charge >= 0.3 is 6.03 Å². The van der Waals surface area contributed by atoms with E-state index in [2.05, 4.69) is 10.6 Å². The molecule has 10 heteroatoms. The molecular weight excluding hydrogens is 408 g/mol. The van der Waals surface area contributed by atoms with Gasteiger partial charge in [-0.2, -0.15) is 5.26 Å². The molecule has 154 valence electrons. The van der Waals surface area contributed by atoms with E-state index in [-0.39, 0.29) is 24.7 Å². The van der Waals surface area contributed by atoms with Crippen molar-refractivity contribution in [3.8, 4) is 6.07 Å². The summed E-state index contributed by atoms with van der Waals surface area (Å²) in [6.45, 7) is -0.00226. The first-order chi connectivity index (χ1) is 14.3. The molecule has 30 heavy (non-hydrogen) atoms. The normalized spacial score (nSPS) is 13.6. The average Bonchev–Trinajstić information content (AvgIpc) is 3.00. The number of anilines is 1. The van der Waals surface area contributed by atoms with Crippen LogP contribution in [0.5, 0.6) is 0 Å². The Morgan fingerprint density at radius 2 is 1.87 bits per heavy atom. The predicted octanol–water partition coefficient (Wildman–Crippen LogP) is 1.16. The first-order valence-electron chi connectivity index (χ1n) is 8.92. The quantitative estimate of drug-likeness (QED) is 0.638. The molecule has 3 rings (SSSR count). The Morgan fingerprint density at radius 1 is 1.13 bits per heavy atom. The van der Waals surface area contributed by atoms with Gasteiger partial charge in [0.05, 0.1) is 30.5 Å². The van der Waals surface area contributed by atoms with Crippen molar-refractivity contribution in [2.45, 2.75) is 12.3 Å². The fourth-order valence-corrected chi connectivity index (χ4v) is 4.20. The van der Waals surface area contributed by atoms with E-state index in [0.29, 0.717) is 22.4 Å². The number of hydrogen-bond donors (Lipinski definition) is 2. The summed E-state index contributed by atoms with van der Waals surface area (Å²) in [6, 6.07) is 14.1. The maximum absolute atomic E-state index is 12.3. The second kappa shape index (κ2) is 8.75. The van der Waals surface area contributed by atoms with Gasteiger partial charge in [0, 0.05) is 5.69 Å². The molecule has 1 fully saturated rings. The van der Waals surface area contributed by atoms with Gasteiger partial charge < -0.3 is 10.6 Å². The van der Waals surface area contributed by atoms with Crippen LogP contribution in [-0.2, 0) is 31.7 Å². The molecule has 0 aromatic heterocycles. The molecule has 2 N–H and O–H groups in total. The fourth-order valence-electron chi connectivity index (χ4n) is 2.92. The number of rotatable bonds is 7. The number of nitrogens with one attached hydrogen (secondary N) is 2. The van der Waals surface area contributed by atoms with E-state index in [9.17, 15) is 22.8 Å². The topological polar surface area (TPSA) is 136 Å². The van der Waals surface area contributed by atoms with E-state index < -0.39 is 27.5 Å². The number of nitrogens with zero attached hydrogens (tertiary/aromatic N) is 2. The van der Waals surface area contributed by atoms with Crippen LogP contribution in [-0.4, -0.2) is 43.5 Å². The highest BCUT2D eigenvalue weighted by molar-refractivity contribution is 7.91. The standard InChI is InChI=1S/C20H18N4O5S/c21-9-14-4-6-15(7-5-14)12-30(28,29)13-18(25)23-17-3-1-2-16(8-17)11-24-19(26)10-22-20(24)27/h1-8H,10-13H2,(H,22,27)(H,23,25). The average molecular weight is 426 g/mol. The van der Waals surface area contributed by atoms with Crippen LogP contribution in [0, 0.1) is 11.3 Å². The summed E-state index contributed by atoms with van der Waals surface area (Å²) in [5.41, 5.74) is 1.87. The molecule has 1 heterocycles. The lowest BCUT2D eigenvalue weighted by Gasteiger charge is -2.13. The van der Waals surface area contributed by atoms with Gasteiger partial charge in [0.2, 0.25) is 11.8 Å². The number of sulfone groups is 1. The van der Waals surface area contributed by atoms with Crippen LogP contribution in [0.1, 0.15) is 16.7 Å². The number of carbonyl (C=O) groups is 3. The summed E-state index contributed by atoms with van der Waals surface area (Å²) >= 11 is 0. The first-order valence-corrected chi connectivity index (χ1v) is 10.7. The summed E-state index contributed by atoms with van der Waals surface area (Å²) in [7, 11) is -3.72. The largest absolute Gasteiger partial charge is 0.329 e. The summed E-state index contributed by atoms with van der Waals surface area (Å²) in [5.74, 6) is -2.07. The Morgan fingerprint density at radius 3 is 2.50 bits per heavy atom. The molecular formula is C20H18N4O5S. The lowest BCUT2D eigenvalue weighted by Crippen LogP contribution is -2.30. The minimum atomic E-state index is -3.72. The van der Waals surface area contributed by atoms with Crippen molar-refractivity contribution >= 4 is 33.4 Å². The van der Waals surface area contributed by atoms with Crippen LogP contribution in [0.4, 0.5) is 10.5 Å². The van der Waals surface area contributed by atoms with Crippen molar-refractivity contribution in [1.29, 1.82) is 5.26 Å². The summed E-state index contributed by atoms with van der Waals surface area (Å²) in [5, 5.41) is 13.7. The Bertz CT molecular complexity index is 1120. The zero-order chi connectivity index (χ0) is 21.7. The van der Waals surface area contributed by atoms with Crippen LogP contribution in [0.15, 0.2) is 48.5 Å². The first kappa shape index (κ1) is 21.0. The number of nitriles is 1. The van der Waals surface area contributed by atoms with Gasteiger partial charge in [0.15, 0.2) is 9.84 Å². The number of imide groups is 1. The molecule has 1 aliphatic rings. The van der Waals surface area contributed by atoms with E-state index in [0.717, 1.165) is 4.90 Å². The Balaban J connectivity index is 1.60. The van der Waals surface area contributed by atoms with Crippen molar-refractivity contribution in [3.63, 3.8) is 0 Å². The molecule has 2 aromatic rings. The summed E-state index contributed by atoms with van der Waals surface area (Å²) in [6.07, 6.45) is 0. The van der Waals surface area contributed by atoms with Crippen molar-refractivity contribution < 1.29 is 22.8 Å². The van der Waals surface area contributed by atoms with Crippen molar-refractivity contribution in [3.05, 3.63) is 65.2 Å². The molecule has 1 saturated heterocycles. The maximum Gasteiger partial charge on any atom is 0.324 e. The number of urea groups is 1. The minimum absolute atomic E-state index is 0.0470. The lowest BCUT2D eigenvalue weighted by molar-refractivity contribution is -0.125. The molecule has 9 nitrogen and oxygen atoms in total. The van der Waals surface area contributed by atoms with Gasteiger partial charge in [0.25, 0.3) is 0 Å². The molecule has 0 radical (unpaired) electrons. The monoisotopic (exact) mass is 426 g/mol. The van der Waals surface area contributed by atoms with E-state index in [1.165, 1.54) is 24.3 Å². The molecule has 0 unspecified atom stereocenters. The van der Waals surface area contributed by atoms with Crippen LogP contribution < -0.4 is 10.6 Å². The van der Waals surface area contributed by atoms with Crippen molar-refractivity contribution in [2.24, 2.45) is 0 Å². The smallest absolute Gasteiger partial charge is 0.324 e. The number of carbonyl (C=O) groups excluding carboxylic acids is 3. The molecule has 1 aliphatic heterocycles. The van der Waals surface area contributed by atoms with Crippen LogP contribution in [0.25, 0.3) is 0 Å². The third kappa shape index (κ3) is 5.42. The Kier molecular flexibility index (Phi) is 6.13. The van der Waals surface area contributed by atoms with E-state index in [1.54, 1.807) is 24.3 Å². The molecule has 0 bridgehead atoms. The molecule has 0 aliphatic carbocycles. The van der Waals surface area contributed by atoms with Crippen LogP contribution in [0.2, 0.25) is 0 Å². The second-order valence-electron chi connectivity index (χ2n) is 6.73. The van der Waals surface area contributed by atoms with E-state index in [1.807, 2.05) is 6.07 Å². The number of amides is 4.